The zero-order valence-electron chi connectivity index (χ0n) is 14.7. The van der Waals surface area contributed by atoms with Crippen LogP contribution in [0.1, 0.15) is 45.4 Å². The minimum Gasteiger partial charge on any atom is -0.463 e. The highest BCUT2D eigenvalue weighted by Gasteiger charge is 2.10. The smallest absolute Gasteiger partial charge is 0.331 e. The summed E-state index contributed by atoms with van der Waals surface area (Å²) in [7, 11) is 3.46. The third-order valence-electron chi connectivity index (χ3n) is 3.75. The van der Waals surface area contributed by atoms with Crippen molar-refractivity contribution in [2.45, 2.75) is 45.4 Å². The average Bonchev–Trinajstić information content (AvgIpc) is 2.70. The Morgan fingerprint density at radius 3 is 2.43 bits per heavy atom. The number of methoxy groups -OCH3 is 2. The van der Waals surface area contributed by atoms with Gasteiger partial charge in [0.1, 0.15) is 0 Å². The molecule has 1 rings (SSSR count). The molecule has 0 heterocycles. The molecular formula is C19H30O4. The Balaban J connectivity index is 2.77. The monoisotopic (exact) mass is 322 g/mol. The summed E-state index contributed by atoms with van der Waals surface area (Å²) < 4.78 is 15.3. The van der Waals surface area contributed by atoms with Crippen molar-refractivity contribution in [2.75, 3.05) is 34.0 Å². The van der Waals surface area contributed by atoms with Gasteiger partial charge in [-0.1, -0.05) is 17.7 Å². The van der Waals surface area contributed by atoms with Gasteiger partial charge in [0.25, 0.3) is 0 Å². The van der Waals surface area contributed by atoms with Crippen LogP contribution in [0.25, 0.3) is 0 Å². The van der Waals surface area contributed by atoms with Crippen molar-refractivity contribution < 1.29 is 19.0 Å². The third-order valence-corrected chi connectivity index (χ3v) is 3.75. The minimum absolute atomic E-state index is 0.252. The van der Waals surface area contributed by atoms with Gasteiger partial charge in [0.05, 0.1) is 6.61 Å². The van der Waals surface area contributed by atoms with Crippen molar-refractivity contribution in [3.05, 3.63) is 34.9 Å². The van der Waals surface area contributed by atoms with E-state index in [1.165, 1.54) is 11.1 Å². The number of carbonyl (C=O) groups excluding carboxylic acids is 1. The lowest BCUT2D eigenvalue weighted by atomic mass is 10.0. The van der Waals surface area contributed by atoms with Gasteiger partial charge in [-0.25, -0.2) is 4.79 Å². The van der Waals surface area contributed by atoms with Crippen molar-refractivity contribution in [2.24, 2.45) is 0 Å². The van der Waals surface area contributed by atoms with Gasteiger partial charge >= 0.3 is 5.97 Å². The molecule has 0 radical (unpaired) electrons. The van der Waals surface area contributed by atoms with Crippen LogP contribution in [-0.4, -0.2) is 40.0 Å². The number of hydrogen-bond donors (Lipinski definition) is 0. The molecule has 0 unspecified atom stereocenters. The highest BCUT2D eigenvalue weighted by Crippen LogP contribution is 2.26. The fraction of sp³-hybridized carbons (Fsp3) is 0.632. The lowest BCUT2D eigenvalue weighted by molar-refractivity contribution is -0.137. The average molecular weight is 322 g/mol. The maximum absolute atomic E-state index is 11.7. The molecule has 1 aliphatic carbocycles. The SMILES string of the molecule is CCOC(=O)/C=C1\C=C(CCCOC)C=C(CCCOC)CC1. The molecule has 4 heteroatoms. The fourth-order valence-electron chi connectivity index (χ4n) is 2.65. The molecule has 0 spiro atoms. The Kier molecular flexibility index (Phi) is 10.3. The quantitative estimate of drug-likeness (QED) is 0.347. The molecule has 0 aromatic carbocycles. The second-order valence-electron chi connectivity index (χ2n) is 5.69. The van der Waals surface area contributed by atoms with E-state index in [2.05, 4.69) is 12.2 Å². The van der Waals surface area contributed by atoms with Gasteiger partial charge in [-0.15, -0.1) is 0 Å². The molecule has 0 aliphatic heterocycles. The van der Waals surface area contributed by atoms with E-state index in [0.717, 1.165) is 57.3 Å². The van der Waals surface area contributed by atoms with Crippen molar-refractivity contribution in [3.63, 3.8) is 0 Å². The van der Waals surface area contributed by atoms with Crippen LogP contribution in [0.15, 0.2) is 34.9 Å². The molecule has 1 aliphatic rings. The molecule has 0 bridgehead atoms. The first kappa shape index (κ1) is 19.7. The van der Waals surface area contributed by atoms with Gasteiger partial charge in [0.2, 0.25) is 0 Å². The number of esters is 1. The van der Waals surface area contributed by atoms with Gasteiger partial charge in [-0.05, 0) is 56.6 Å². The van der Waals surface area contributed by atoms with Crippen LogP contribution >= 0.6 is 0 Å². The molecule has 4 nitrogen and oxygen atoms in total. The van der Waals surface area contributed by atoms with Crippen LogP contribution in [0.4, 0.5) is 0 Å². The van der Waals surface area contributed by atoms with Crippen LogP contribution in [0.3, 0.4) is 0 Å². The summed E-state index contributed by atoms with van der Waals surface area (Å²) in [6.07, 6.45) is 11.9. The van der Waals surface area contributed by atoms with E-state index >= 15 is 0 Å². The van der Waals surface area contributed by atoms with Crippen LogP contribution in [0.2, 0.25) is 0 Å². The van der Waals surface area contributed by atoms with Crippen LogP contribution in [0.5, 0.6) is 0 Å². The summed E-state index contributed by atoms with van der Waals surface area (Å²) in [6.45, 7) is 3.77. The standard InChI is InChI=1S/C19H30O4/c1-4-23-19(20)15-18-10-9-16(7-5-11-21-2)13-17(14-18)8-6-12-22-3/h13-15H,4-12H2,1-3H3/b18-15-. The minimum atomic E-state index is -0.252. The van der Waals surface area contributed by atoms with Crippen molar-refractivity contribution in [1.82, 2.24) is 0 Å². The molecular weight excluding hydrogens is 292 g/mol. The summed E-state index contributed by atoms with van der Waals surface area (Å²) >= 11 is 0. The largest absolute Gasteiger partial charge is 0.463 e. The lowest BCUT2D eigenvalue weighted by Gasteiger charge is -2.06. The Labute approximate surface area is 140 Å². The first-order valence-corrected chi connectivity index (χ1v) is 8.44. The molecule has 0 saturated heterocycles. The topological polar surface area (TPSA) is 44.8 Å². The van der Waals surface area contributed by atoms with E-state index in [1.54, 1.807) is 20.3 Å². The first-order chi connectivity index (χ1) is 11.2. The second-order valence-corrected chi connectivity index (χ2v) is 5.69. The van der Waals surface area contributed by atoms with E-state index in [1.807, 2.05) is 6.92 Å². The molecule has 0 atom stereocenters. The normalized spacial score (nSPS) is 16.7. The van der Waals surface area contributed by atoms with Gasteiger partial charge < -0.3 is 14.2 Å². The van der Waals surface area contributed by atoms with Crippen LogP contribution < -0.4 is 0 Å². The Morgan fingerprint density at radius 1 is 1.09 bits per heavy atom. The van der Waals surface area contributed by atoms with Crippen LogP contribution in [0, 0.1) is 0 Å². The summed E-state index contributed by atoms with van der Waals surface area (Å²) in [4.78, 5) is 11.7. The van der Waals surface area contributed by atoms with Gasteiger partial charge in [0.15, 0.2) is 0 Å². The summed E-state index contributed by atoms with van der Waals surface area (Å²) in [5.74, 6) is -0.252. The van der Waals surface area contributed by atoms with Gasteiger partial charge in [-0.3, -0.25) is 0 Å². The number of allylic oxidation sites excluding steroid dienone is 5. The fourth-order valence-corrected chi connectivity index (χ4v) is 2.65. The first-order valence-electron chi connectivity index (χ1n) is 8.44. The molecule has 0 aromatic heterocycles. The van der Waals surface area contributed by atoms with Gasteiger partial charge in [-0.2, -0.15) is 0 Å². The molecule has 23 heavy (non-hydrogen) atoms. The van der Waals surface area contributed by atoms with Crippen LogP contribution in [-0.2, 0) is 19.0 Å². The second kappa shape index (κ2) is 12.1. The van der Waals surface area contributed by atoms with E-state index in [-0.39, 0.29) is 5.97 Å². The molecule has 0 saturated carbocycles. The summed E-state index contributed by atoms with van der Waals surface area (Å²) in [5, 5.41) is 0. The zero-order valence-corrected chi connectivity index (χ0v) is 14.7. The summed E-state index contributed by atoms with van der Waals surface area (Å²) in [6, 6.07) is 0. The number of carbonyl (C=O) groups is 1. The predicted octanol–water partition coefficient (Wildman–Crippen LogP) is 3.98. The Bertz CT molecular complexity index is 446. The van der Waals surface area contributed by atoms with Gasteiger partial charge in [0, 0.05) is 33.5 Å². The van der Waals surface area contributed by atoms with Crippen molar-refractivity contribution >= 4 is 5.97 Å². The molecule has 0 amide bonds. The Hall–Kier alpha value is -1.39. The number of rotatable bonds is 10. The van der Waals surface area contributed by atoms with E-state index in [4.69, 9.17) is 14.2 Å². The Morgan fingerprint density at radius 2 is 1.78 bits per heavy atom. The maximum Gasteiger partial charge on any atom is 0.331 e. The molecule has 0 aromatic rings. The number of hydrogen-bond acceptors (Lipinski definition) is 4. The maximum atomic E-state index is 11.7. The zero-order chi connectivity index (χ0) is 16.9. The highest BCUT2D eigenvalue weighted by atomic mass is 16.5. The highest BCUT2D eigenvalue weighted by molar-refractivity contribution is 5.83. The molecule has 0 fully saturated rings. The number of ether oxygens (including phenoxy) is 3. The van der Waals surface area contributed by atoms with Crippen molar-refractivity contribution in [1.29, 1.82) is 0 Å². The lowest BCUT2D eigenvalue weighted by Crippen LogP contribution is -2.01. The van der Waals surface area contributed by atoms with E-state index in [9.17, 15) is 4.79 Å². The third kappa shape index (κ3) is 8.72. The predicted molar refractivity (Wildman–Crippen MR) is 92.3 cm³/mol. The summed E-state index contributed by atoms with van der Waals surface area (Å²) in [5.41, 5.74) is 3.74. The van der Waals surface area contributed by atoms with E-state index < -0.39 is 0 Å². The molecule has 130 valence electrons. The molecule has 0 N–H and O–H groups in total. The van der Waals surface area contributed by atoms with E-state index in [0.29, 0.717) is 6.61 Å². The van der Waals surface area contributed by atoms with Crippen molar-refractivity contribution in [3.8, 4) is 0 Å².